The number of pyridine rings is 1. The largest absolute Gasteiger partial charge is 0.444 e. The van der Waals surface area contributed by atoms with E-state index in [1.807, 2.05) is 62.4 Å². The quantitative estimate of drug-likeness (QED) is 0.240. The van der Waals surface area contributed by atoms with Gasteiger partial charge in [-0.3, -0.25) is 14.8 Å². The van der Waals surface area contributed by atoms with Gasteiger partial charge in [0.25, 0.3) is 0 Å². The van der Waals surface area contributed by atoms with Crippen molar-refractivity contribution in [2.24, 2.45) is 5.92 Å². The molecule has 8 nitrogen and oxygen atoms in total. The second-order valence-corrected chi connectivity index (χ2v) is 12.4. The standard InChI is InChI=1S/C32H43FN2O6/c1-30(2,3)40-29(37)35(8)26(28(36)41-39-21-22-12-10-9-11-13-22)27(32(6,7)33)31(4,5)25-15-14-24(20-34-25)23-16-18-38-19-17-23/h9-16,20,26-27H,17-19,21H2,1-8H3/t26-,27?/m0/s1. The average Bonchev–Trinajstić information content (AvgIpc) is 2.90. The number of alkyl halides is 1. The topological polar surface area (TPSA) is 87.2 Å². The Morgan fingerprint density at radius 2 is 1.73 bits per heavy atom. The number of nitrogens with zero attached hydrogens (tertiary/aromatic N) is 2. The Kier molecular flexibility index (Phi) is 10.3. The van der Waals surface area contributed by atoms with Gasteiger partial charge in [0.15, 0.2) is 0 Å². The van der Waals surface area contributed by atoms with Crippen LogP contribution in [0.15, 0.2) is 54.7 Å². The van der Waals surface area contributed by atoms with Crippen LogP contribution in [-0.2, 0) is 36.1 Å². The summed E-state index contributed by atoms with van der Waals surface area (Å²) in [5.41, 5.74) is -0.408. The molecule has 1 aromatic heterocycles. The third kappa shape index (κ3) is 8.60. The second kappa shape index (κ2) is 13.1. The number of aromatic nitrogens is 1. The van der Waals surface area contributed by atoms with E-state index >= 15 is 4.39 Å². The Balaban J connectivity index is 1.97. The van der Waals surface area contributed by atoms with Gasteiger partial charge in [0.1, 0.15) is 23.9 Å². The van der Waals surface area contributed by atoms with E-state index in [4.69, 9.17) is 24.2 Å². The van der Waals surface area contributed by atoms with E-state index < -0.39 is 40.7 Å². The molecule has 1 aliphatic rings. The molecule has 41 heavy (non-hydrogen) atoms. The molecule has 1 aliphatic heterocycles. The first kappa shape index (κ1) is 32.2. The minimum Gasteiger partial charge on any atom is -0.444 e. The summed E-state index contributed by atoms with van der Waals surface area (Å²) in [6.07, 6.45) is 3.77. The Hall–Kier alpha value is -3.30. The third-order valence-electron chi connectivity index (χ3n) is 7.14. The number of likely N-dealkylation sites (N-methyl/N-ethyl adjacent to an activating group) is 1. The third-order valence-corrected chi connectivity index (χ3v) is 7.14. The van der Waals surface area contributed by atoms with Crippen LogP contribution in [0.4, 0.5) is 9.18 Å². The van der Waals surface area contributed by atoms with Gasteiger partial charge in [-0.25, -0.2) is 14.0 Å². The number of rotatable bonds is 10. The van der Waals surface area contributed by atoms with Crippen LogP contribution in [0.2, 0.25) is 0 Å². The van der Waals surface area contributed by atoms with Gasteiger partial charge in [-0.2, -0.15) is 4.89 Å². The summed E-state index contributed by atoms with van der Waals surface area (Å²) in [6.45, 7) is 12.7. The number of hydrogen-bond acceptors (Lipinski definition) is 7. The van der Waals surface area contributed by atoms with Gasteiger partial charge in [0, 0.05) is 30.3 Å². The monoisotopic (exact) mass is 570 g/mol. The lowest BCUT2D eigenvalue weighted by Crippen LogP contribution is -2.59. The molecular weight excluding hydrogens is 527 g/mol. The number of carbonyl (C=O) groups is 2. The predicted molar refractivity (Wildman–Crippen MR) is 154 cm³/mol. The van der Waals surface area contributed by atoms with Gasteiger partial charge in [-0.05, 0) is 63.8 Å². The van der Waals surface area contributed by atoms with Crippen LogP contribution in [0.3, 0.4) is 0 Å². The number of hydrogen-bond donors (Lipinski definition) is 0. The van der Waals surface area contributed by atoms with Crippen molar-refractivity contribution >= 4 is 17.6 Å². The number of ether oxygens (including phenoxy) is 2. The predicted octanol–water partition coefficient (Wildman–Crippen LogP) is 6.44. The Morgan fingerprint density at radius 1 is 1.05 bits per heavy atom. The Bertz CT molecular complexity index is 1200. The summed E-state index contributed by atoms with van der Waals surface area (Å²) in [5, 5.41) is 0. The van der Waals surface area contributed by atoms with E-state index in [0.29, 0.717) is 18.9 Å². The van der Waals surface area contributed by atoms with Crippen molar-refractivity contribution in [2.75, 3.05) is 20.3 Å². The van der Waals surface area contributed by atoms with Crippen molar-refractivity contribution in [3.63, 3.8) is 0 Å². The van der Waals surface area contributed by atoms with Gasteiger partial charge in [-0.15, -0.1) is 0 Å². The molecule has 1 aromatic carbocycles. The summed E-state index contributed by atoms with van der Waals surface area (Å²) in [5.74, 6) is -2.02. The van der Waals surface area contributed by atoms with Crippen molar-refractivity contribution < 1.29 is 33.2 Å². The van der Waals surface area contributed by atoms with Crippen LogP contribution in [-0.4, -0.2) is 59.5 Å². The first-order valence-corrected chi connectivity index (χ1v) is 13.9. The van der Waals surface area contributed by atoms with E-state index in [0.717, 1.165) is 28.0 Å². The Morgan fingerprint density at radius 3 is 2.27 bits per heavy atom. The van der Waals surface area contributed by atoms with Crippen LogP contribution in [0, 0.1) is 5.92 Å². The van der Waals surface area contributed by atoms with Crippen molar-refractivity contribution in [3.8, 4) is 0 Å². The van der Waals surface area contributed by atoms with Gasteiger partial charge in [-0.1, -0.05) is 56.3 Å². The van der Waals surface area contributed by atoms with Gasteiger partial charge in [0.05, 0.1) is 13.2 Å². The molecule has 1 unspecified atom stereocenters. The van der Waals surface area contributed by atoms with Crippen molar-refractivity contribution in [3.05, 3.63) is 71.6 Å². The number of halogens is 1. The molecule has 2 aromatic rings. The van der Waals surface area contributed by atoms with Crippen molar-refractivity contribution in [1.82, 2.24) is 9.88 Å². The zero-order valence-electron chi connectivity index (χ0n) is 25.4. The molecule has 0 aliphatic carbocycles. The molecule has 0 spiro atoms. The minimum absolute atomic E-state index is 0.00750. The lowest BCUT2D eigenvalue weighted by Gasteiger charge is -2.45. The zero-order chi connectivity index (χ0) is 30.4. The molecule has 0 bridgehead atoms. The molecule has 0 radical (unpaired) electrons. The molecule has 2 atom stereocenters. The summed E-state index contributed by atoms with van der Waals surface area (Å²) in [6, 6.07) is 11.5. The van der Waals surface area contributed by atoms with Crippen LogP contribution in [0.1, 0.15) is 71.7 Å². The summed E-state index contributed by atoms with van der Waals surface area (Å²) in [7, 11) is 1.40. The van der Waals surface area contributed by atoms with Crippen LogP contribution >= 0.6 is 0 Å². The smallest absolute Gasteiger partial charge is 0.410 e. The van der Waals surface area contributed by atoms with Crippen molar-refractivity contribution in [1.29, 1.82) is 0 Å². The van der Waals surface area contributed by atoms with Crippen LogP contribution < -0.4 is 0 Å². The fourth-order valence-corrected chi connectivity index (χ4v) is 5.29. The molecule has 2 heterocycles. The van der Waals surface area contributed by atoms with Gasteiger partial charge >= 0.3 is 12.1 Å². The fraction of sp³-hybridized carbons (Fsp3) is 0.531. The zero-order valence-corrected chi connectivity index (χ0v) is 25.4. The molecular formula is C32H43FN2O6. The number of benzene rings is 1. The molecule has 0 fully saturated rings. The lowest BCUT2D eigenvalue weighted by molar-refractivity contribution is -0.285. The Labute approximate surface area is 242 Å². The first-order valence-electron chi connectivity index (χ1n) is 13.9. The maximum absolute atomic E-state index is 16.3. The molecule has 1 amide bonds. The summed E-state index contributed by atoms with van der Waals surface area (Å²) < 4.78 is 27.2. The van der Waals surface area contributed by atoms with Crippen LogP contribution in [0.25, 0.3) is 5.57 Å². The average molecular weight is 571 g/mol. The molecule has 0 N–H and O–H groups in total. The van der Waals surface area contributed by atoms with E-state index in [1.54, 1.807) is 27.0 Å². The highest BCUT2D eigenvalue weighted by atomic mass is 19.1. The van der Waals surface area contributed by atoms with E-state index in [2.05, 4.69) is 0 Å². The lowest BCUT2D eigenvalue weighted by atomic mass is 9.65. The maximum atomic E-state index is 16.3. The SMILES string of the molecule is CN(C(=O)OC(C)(C)C)[C@H](C(=O)OOCc1ccccc1)C(C(C)(C)F)C(C)(C)c1ccc(C2=CCOCC2)cn1. The summed E-state index contributed by atoms with van der Waals surface area (Å²) in [4.78, 5) is 43.2. The molecule has 3 rings (SSSR count). The van der Waals surface area contributed by atoms with Crippen molar-refractivity contribution in [2.45, 2.75) is 84.2 Å². The van der Waals surface area contributed by atoms with Gasteiger partial charge < -0.3 is 9.47 Å². The maximum Gasteiger partial charge on any atom is 0.410 e. The van der Waals surface area contributed by atoms with E-state index in [-0.39, 0.29) is 6.61 Å². The number of carbonyl (C=O) groups excluding carboxylic acids is 2. The highest BCUT2D eigenvalue weighted by molar-refractivity contribution is 5.82. The normalized spacial score (nSPS) is 15.9. The van der Waals surface area contributed by atoms with Crippen LogP contribution in [0.5, 0.6) is 0 Å². The fourth-order valence-electron chi connectivity index (χ4n) is 5.29. The second-order valence-electron chi connectivity index (χ2n) is 12.4. The highest BCUT2D eigenvalue weighted by Gasteiger charge is 2.53. The molecule has 224 valence electrons. The van der Waals surface area contributed by atoms with E-state index in [9.17, 15) is 9.59 Å². The molecule has 9 heteroatoms. The van der Waals surface area contributed by atoms with Gasteiger partial charge in [0.2, 0.25) is 0 Å². The van der Waals surface area contributed by atoms with E-state index in [1.165, 1.54) is 20.9 Å². The minimum atomic E-state index is -1.97. The number of amides is 1. The summed E-state index contributed by atoms with van der Waals surface area (Å²) >= 11 is 0. The highest BCUT2D eigenvalue weighted by Crippen LogP contribution is 2.43. The first-order chi connectivity index (χ1) is 19.1. The molecule has 0 saturated heterocycles. The molecule has 0 saturated carbocycles.